The Labute approximate surface area is 162 Å². The number of hydrogen-bond acceptors (Lipinski definition) is 7. The summed E-state index contributed by atoms with van der Waals surface area (Å²) in [6.45, 7) is 7.82. The second kappa shape index (κ2) is 7.53. The number of fused-ring (bicyclic) bond motifs is 2. The summed E-state index contributed by atoms with van der Waals surface area (Å²) in [5, 5.41) is 9.25. The van der Waals surface area contributed by atoms with Crippen molar-refractivity contribution in [2.75, 3.05) is 69.8 Å². The molecule has 2 aliphatic heterocycles. The monoisotopic (exact) mass is 375 g/mol. The zero-order chi connectivity index (χ0) is 19.0. The van der Waals surface area contributed by atoms with Gasteiger partial charge in [0.2, 0.25) is 5.95 Å². The van der Waals surface area contributed by atoms with Crippen LogP contribution >= 0.6 is 0 Å². The summed E-state index contributed by atoms with van der Waals surface area (Å²) < 4.78 is 5.75. The van der Waals surface area contributed by atoms with Crippen LogP contribution in [0.5, 0.6) is 0 Å². The first-order chi connectivity index (χ1) is 13.0. The molecule has 7 heteroatoms. The van der Waals surface area contributed by atoms with Gasteiger partial charge in [0.05, 0.1) is 25.0 Å². The largest absolute Gasteiger partial charge is 0.395 e. The quantitative estimate of drug-likeness (QED) is 0.843. The van der Waals surface area contributed by atoms with Crippen LogP contribution in [0.2, 0.25) is 0 Å². The van der Waals surface area contributed by atoms with E-state index in [-0.39, 0.29) is 18.1 Å². The molecule has 3 aliphatic rings. The lowest BCUT2D eigenvalue weighted by molar-refractivity contribution is 0.0529. The summed E-state index contributed by atoms with van der Waals surface area (Å²) in [6.07, 6.45) is 4.74. The van der Waals surface area contributed by atoms with E-state index in [1.807, 2.05) is 19.0 Å². The van der Waals surface area contributed by atoms with Crippen LogP contribution in [0, 0.1) is 0 Å². The molecule has 1 aromatic rings. The van der Waals surface area contributed by atoms with E-state index in [0.29, 0.717) is 0 Å². The maximum Gasteiger partial charge on any atom is 0.227 e. The summed E-state index contributed by atoms with van der Waals surface area (Å²) in [6, 6.07) is 0. The van der Waals surface area contributed by atoms with Crippen LogP contribution in [0.3, 0.4) is 0 Å². The molecule has 1 atom stereocenters. The fourth-order valence-corrected chi connectivity index (χ4v) is 4.92. The van der Waals surface area contributed by atoms with Crippen LogP contribution in [0.1, 0.15) is 37.4 Å². The van der Waals surface area contributed by atoms with Gasteiger partial charge in [-0.2, -0.15) is 4.98 Å². The molecule has 1 unspecified atom stereocenters. The lowest BCUT2D eigenvalue weighted by atomic mass is 9.76. The van der Waals surface area contributed by atoms with Crippen molar-refractivity contribution in [1.82, 2.24) is 14.9 Å². The molecule has 1 aliphatic carbocycles. The fraction of sp³-hybridized carbons (Fsp3) is 0.800. The van der Waals surface area contributed by atoms with E-state index in [1.54, 1.807) is 0 Å². The standard InChI is InChI=1S/C20H33N5O2/c1-15-14-25(11-13-27-15)18-16-4-5-20(6-8-24(9-7-20)10-12-26)17(16)21-19(22-18)23(2)3/h15,26H,4-14H2,1-3H3. The van der Waals surface area contributed by atoms with Gasteiger partial charge in [0, 0.05) is 44.7 Å². The number of piperidine rings is 1. The molecule has 4 rings (SSSR count). The number of aliphatic hydroxyl groups is 1. The molecule has 2 saturated heterocycles. The third-order valence-corrected chi connectivity index (χ3v) is 6.50. The Morgan fingerprint density at radius 1 is 1.19 bits per heavy atom. The first kappa shape index (κ1) is 18.9. The molecule has 0 bridgehead atoms. The van der Waals surface area contributed by atoms with Gasteiger partial charge in [-0.15, -0.1) is 0 Å². The van der Waals surface area contributed by atoms with Crippen molar-refractivity contribution in [3.05, 3.63) is 11.3 Å². The minimum Gasteiger partial charge on any atom is -0.395 e. The number of rotatable bonds is 4. The van der Waals surface area contributed by atoms with Gasteiger partial charge in [0.1, 0.15) is 5.82 Å². The Balaban J connectivity index is 1.68. The second-order valence-electron chi connectivity index (χ2n) is 8.54. The smallest absolute Gasteiger partial charge is 0.227 e. The van der Waals surface area contributed by atoms with E-state index < -0.39 is 0 Å². The first-order valence-electron chi connectivity index (χ1n) is 10.3. The number of aromatic nitrogens is 2. The molecule has 1 N–H and O–H groups in total. The number of likely N-dealkylation sites (tertiary alicyclic amines) is 1. The summed E-state index contributed by atoms with van der Waals surface area (Å²) in [5.41, 5.74) is 2.84. The van der Waals surface area contributed by atoms with E-state index in [1.165, 1.54) is 17.7 Å². The van der Waals surface area contributed by atoms with Crippen LogP contribution in [0.25, 0.3) is 0 Å². The van der Waals surface area contributed by atoms with E-state index in [2.05, 4.69) is 16.7 Å². The average molecular weight is 376 g/mol. The molecule has 27 heavy (non-hydrogen) atoms. The van der Waals surface area contributed by atoms with E-state index >= 15 is 0 Å². The van der Waals surface area contributed by atoms with Gasteiger partial charge in [-0.25, -0.2) is 4.98 Å². The van der Waals surface area contributed by atoms with E-state index in [4.69, 9.17) is 14.7 Å². The molecule has 1 spiro atoms. The van der Waals surface area contributed by atoms with E-state index in [0.717, 1.165) is 70.4 Å². The summed E-state index contributed by atoms with van der Waals surface area (Å²) >= 11 is 0. The number of aliphatic hydroxyl groups excluding tert-OH is 1. The molecular formula is C20H33N5O2. The van der Waals surface area contributed by atoms with Crippen molar-refractivity contribution < 1.29 is 9.84 Å². The summed E-state index contributed by atoms with van der Waals surface area (Å²) in [4.78, 5) is 16.8. The van der Waals surface area contributed by atoms with Gasteiger partial charge in [0.15, 0.2) is 0 Å². The van der Waals surface area contributed by atoms with Crippen molar-refractivity contribution in [3.8, 4) is 0 Å². The van der Waals surface area contributed by atoms with E-state index in [9.17, 15) is 5.11 Å². The maximum absolute atomic E-state index is 9.25. The number of morpholine rings is 1. The third kappa shape index (κ3) is 3.52. The van der Waals surface area contributed by atoms with Crippen LogP contribution in [0.4, 0.5) is 11.8 Å². The Morgan fingerprint density at radius 2 is 1.96 bits per heavy atom. The van der Waals surface area contributed by atoms with Crippen molar-refractivity contribution >= 4 is 11.8 Å². The number of anilines is 2. The van der Waals surface area contributed by atoms with Gasteiger partial charge in [-0.05, 0) is 45.7 Å². The van der Waals surface area contributed by atoms with Crippen molar-refractivity contribution in [3.63, 3.8) is 0 Å². The molecule has 3 heterocycles. The van der Waals surface area contributed by atoms with Gasteiger partial charge in [-0.3, -0.25) is 0 Å². The molecule has 0 radical (unpaired) electrons. The zero-order valence-electron chi connectivity index (χ0n) is 16.9. The normalized spacial score (nSPS) is 25.0. The molecule has 150 valence electrons. The highest BCUT2D eigenvalue weighted by Gasteiger charge is 2.44. The molecule has 7 nitrogen and oxygen atoms in total. The number of ether oxygens (including phenoxy) is 1. The molecular weight excluding hydrogens is 342 g/mol. The number of nitrogens with zero attached hydrogens (tertiary/aromatic N) is 5. The van der Waals surface area contributed by atoms with Gasteiger partial charge in [0.25, 0.3) is 0 Å². The Kier molecular flexibility index (Phi) is 5.27. The highest BCUT2D eigenvalue weighted by Crippen LogP contribution is 2.48. The lowest BCUT2D eigenvalue weighted by Gasteiger charge is -2.39. The predicted molar refractivity (Wildman–Crippen MR) is 107 cm³/mol. The Morgan fingerprint density at radius 3 is 2.63 bits per heavy atom. The average Bonchev–Trinajstić information content (AvgIpc) is 3.01. The van der Waals surface area contributed by atoms with Crippen molar-refractivity contribution in [2.24, 2.45) is 0 Å². The maximum atomic E-state index is 9.25. The minimum atomic E-state index is 0.182. The van der Waals surface area contributed by atoms with Crippen LogP contribution in [0.15, 0.2) is 0 Å². The lowest BCUT2D eigenvalue weighted by Crippen LogP contribution is -2.44. The summed E-state index contributed by atoms with van der Waals surface area (Å²) in [5.74, 6) is 1.95. The van der Waals surface area contributed by atoms with Gasteiger partial charge in [-0.1, -0.05) is 0 Å². The molecule has 0 saturated carbocycles. The summed E-state index contributed by atoms with van der Waals surface area (Å²) in [7, 11) is 4.05. The van der Waals surface area contributed by atoms with Crippen LogP contribution < -0.4 is 9.80 Å². The Bertz CT molecular complexity index is 673. The van der Waals surface area contributed by atoms with Gasteiger partial charge < -0.3 is 24.5 Å². The van der Waals surface area contributed by atoms with Crippen molar-refractivity contribution in [2.45, 2.75) is 44.1 Å². The molecule has 1 aromatic heterocycles. The van der Waals surface area contributed by atoms with Crippen molar-refractivity contribution in [1.29, 1.82) is 0 Å². The second-order valence-corrected chi connectivity index (χ2v) is 8.54. The van der Waals surface area contributed by atoms with Crippen LogP contribution in [-0.4, -0.2) is 86.1 Å². The highest BCUT2D eigenvalue weighted by molar-refractivity contribution is 5.57. The molecule has 0 aromatic carbocycles. The minimum absolute atomic E-state index is 0.182. The third-order valence-electron chi connectivity index (χ3n) is 6.50. The SMILES string of the molecule is CC1CN(c2nc(N(C)C)nc3c2CCC32CCN(CCO)CC2)CCO1. The van der Waals surface area contributed by atoms with Gasteiger partial charge >= 0.3 is 0 Å². The molecule has 0 amide bonds. The predicted octanol–water partition coefficient (Wildman–Crippen LogP) is 1.04. The first-order valence-corrected chi connectivity index (χ1v) is 10.3. The number of hydrogen-bond donors (Lipinski definition) is 1. The topological polar surface area (TPSA) is 65.0 Å². The Hall–Kier alpha value is -1.44. The fourth-order valence-electron chi connectivity index (χ4n) is 4.92. The molecule has 2 fully saturated rings. The highest BCUT2D eigenvalue weighted by atomic mass is 16.5. The number of β-amino-alcohol motifs (C(OH)–C–C–N with tert-alkyl or cyclic N) is 1. The van der Waals surface area contributed by atoms with Crippen LogP contribution in [-0.2, 0) is 16.6 Å². The zero-order valence-corrected chi connectivity index (χ0v) is 16.9.